The highest BCUT2D eigenvalue weighted by atomic mass is 15.5. The number of nitrogen functional groups attached to an aromatic ring is 1. The van der Waals surface area contributed by atoms with Crippen LogP contribution in [0.3, 0.4) is 0 Å². The van der Waals surface area contributed by atoms with Gasteiger partial charge in [-0.15, -0.1) is 5.10 Å². The molecular weight excluding hydrogens is 262 g/mol. The summed E-state index contributed by atoms with van der Waals surface area (Å²) in [7, 11) is 0. The van der Waals surface area contributed by atoms with Crippen LogP contribution in [0.1, 0.15) is 39.0 Å². The number of anilines is 1. The molecule has 0 spiro atoms. The minimum Gasteiger partial charge on any atom is -0.399 e. The van der Waals surface area contributed by atoms with E-state index in [1.165, 1.54) is 32.1 Å². The van der Waals surface area contributed by atoms with Gasteiger partial charge in [0.25, 0.3) is 0 Å². The van der Waals surface area contributed by atoms with E-state index in [9.17, 15) is 0 Å². The molecule has 2 aromatic rings. The number of benzene rings is 1. The van der Waals surface area contributed by atoms with Gasteiger partial charge in [0, 0.05) is 17.8 Å². The zero-order valence-corrected chi connectivity index (χ0v) is 12.6. The van der Waals surface area contributed by atoms with Crippen LogP contribution in [0.5, 0.6) is 0 Å². The van der Waals surface area contributed by atoms with Crippen LogP contribution in [0.4, 0.5) is 5.69 Å². The van der Waals surface area contributed by atoms with Gasteiger partial charge in [-0.25, -0.2) is 4.68 Å². The lowest BCUT2D eigenvalue weighted by molar-refractivity contribution is 0.241. The Morgan fingerprint density at radius 2 is 1.95 bits per heavy atom. The first-order valence-corrected chi connectivity index (χ1v) is 7.88. The van der Waals surface area contributed by atoms with Crippen LogP contribution >= 0.6 is 0 Å². The summed E-state index contributed by atoms with van der Waals surface area (Å²) in [6, 6.07) is 7.75. The molecule has 2 N–H and O–H groups in total. The fourth-order valence-corrected chi connectivity index (χ4v) is 3.28. The summed E-state index contributed by atoms with van der Waals surface area (Å²) in [6.45, 7) is 3.21. The maximum atomic E-state index is 5.85. The third-order valence-electron chi connectivity index (χ3n) is 4.65. The van der Waals surface area contributed by atoms with Crippen molar-refractivity contribution in [2.24, 2.45) is 11.8 Å². The smallest absolute Gasteiger partial charge is 0.182 e. The Bertz CT molecular complexity index is 584. The normalized spacial score (nSPS) is 22.3. The molecule has 1 saturated carbocycles. The van der Waals surface area contributed by atoms with Crippen LogP contribution in [0.15, 0.2) is 24.3 Å². The van der Waals surface area contributed by atoms with Crippen molar-refractivity contribution >= 4 is 5.69 Å². The van der Waals surface area contributed by atoms with Crippen LogP contribution in [0.25, 0.3) is 11.4 Å². The van der Waals surface area contributed by atoms with Gasteiger partial charge in [0.15, 0.2) is 5.82 Å². The average molecular weight is 285 g/mol. The van der Waals surface area contributed by atoms with Crippen LogP contribution in [0, 0.1) is 11.8 Å². The van der Waals surface area contributed by atoms with Crippen molar-refractivity contribution in [1.82, 2.24) is 20.2 Å². The van der Waals surface area contributed by atoms with Crippen molar-refractivity contribution in [1.29, 1.82) is 0 Å². The van der Waals surface area contributed by atoms with Crippen molar-refractivity contribution in [2.75, 3.05) is 5.73 Å². The second-order valence-electron chi connectivity index (χ2n) is 6.11. The highest BCUT2D eigenvalue weighted by molar-refractivity contribution is 5.60. The molecule has 0 atom stereocenters. The van der Waals surface area contributed by atoms with Gasteiger partial charge in [-0.2, -0.15) is 0 Å². The predicted molar refractivity (Wildman–Crippen MR) is 83.4 cm³/mol. The number of hydrogen-bond acceptors (Lipinski definition) is 4. The summed E-state index contributed by atoms with van der Waals surface area (Å²) in [5.74, 6) is 2.43. The molecule has 0 bridgehead atoms. The maximum absolute atomic E-state index is 5.85. The molecule has 1 heterocycles. The SMILES string of the molecule is CCC1CCC(Cn2nnnc2-c2cccc(N)c2)CC1. The van der Waals surface area contributed by atoms with Gasteiger partial charge in [0.1, 0.15) is 0 Å². The van der Waals surface area contributed by atoms with E-state index in [4.69, 9.17) is 5.73 Å². The highest BCUT2D eigenvalue weighted by Crippen LogP contribution is 2.32. The highest BCUT2D eigenvalue weighted by Gasteiger charge is 2.22. The molecule has 5 nitrogen and oxygen atoms in total. The van der Waals surface area contributed by atoms with E-state index in [-0.39, 0.29) is 0 Å². The molecule has 5 heteroatoms. The first-order chi connectivity index (χ1) is 10.3. The Morgan fingerprint density at radius 3 is 2.67 bits per heavy atom. The van der Waals surface area contributed by atoms with Crippen molar-refractivity contribution < 1.29 is 0 Å². The molecule has 3 rings (SSSR count). The summed E-state index contributed by atoms with van der Waals surface area (Å²) in [5.41, 5.74) is 7.58. The zero-order valence-electron chi connectivity index (χ0n) is 12.6. The van der Waals surface area contributed by atoms with Crippen LogP contribution in [-0.4, -0.2) is 20.2 Å². The molecular formula is C16H23N5. The molecule has 0 radical (unpaired) electrons. The summed E-state index contributed by atoms with van der Waals surface area (Å²) in [5, 5.41) is 12.2. The number of nitrogens with two attached hydrogens (primary N) is 1. The van der Waals surface area contributed by atoms with Crippen molar-refractivity contribution in [3.05, 3.63) is 24.3 Å². The van der Waals surface area contributed by atoms with Crippen LogP contribution < -0.4 is 5.73 Å². The largest absolute Gasteiger partial charge is 0.399 e. The van der Waals surface area contributed by atoms with E-state index in [2.05, 4.69) is 22.4 Å². The summed E-state index contributed by atoms with van der Waals surface area (Å²) in [6.07, 6.45) is 6.57. The number of hydrogen-bond donors (Lipinski definition) is 1. The van der Waals surface area contributed by atoms with Gasteiger partial charge in [-0.3, -0.25) is 0 Å². The topological polar surface area (TPSA) is 69.6 Å². The van der Waals surface area contributed by atoms with E-state index in [1.54, 1.807) is 0 Å². The molecule has 112 valence electrons. The van der Waals surface area contributed by atoms with Crippen molar-refractivity contribution in [3.8, 4) is 11.4 Å². The van der Waals surface area contributed by atoms with Crippen molar-refractivity contribution in [3.63, 3.8) is 0 Å². The second kappa shape index (κ2) is 6.24. The molecule has 1 fully saturated rings. The zero-order chi connectivity index (χ0) is 14.7. The first kappa shape index (κ1) is 14.0. The summed E-state index contributed by atoms with van der Waals surface area (Å²) in [4.78, 5) is 0. The number of nitrogens with zero attached hydrogens (tertiary/aromatic N) is 4. The maximum Gasteiger partial charge on any atom is 0.182 e. The Morgan fingerprint density at radius 1 is 1.19 bits per heavy atom. The molecule has 1 aromatic heterocycles. The molecule has 0 aliphatic heterocycles. The van der Waals surface area contributed by atoms with Crippen molar-refractivity contribution in [2.45, 2.75) is 45.6 Å². The lowest BCUT2D eigenvalue weighted by Crippen LogP contribution is -2.20. The monoisotopic (exact) mass is 285 g/mol. The summed E-state index contributed by atoms with van der Waals surface area (Å²) < 4.78 is 1.94. The Kier molecular flexibility index (Phi) is 4.18. The molecule has 0 amide bonds. The fourth-order valence-electron chi connectivity index (χ4n) is 3.28. The second-order valence-corrected chi connectivity index (χ2v) is 6.11. The fraction of sp³-hybridized carbons (Fsp3) is 0.562. The number of rotatable bonds is 4. The van der Waals surface area contributed by atoms with Crippen LogP contribution in [-0.2, 0) is 6.54 Å². The number of tetrazole rings is 1. The van der Waals surface area contributed by atoms with Gasteiger partial charge in [0.05, 0.1) is 0 Å². The minimum absolute atomic E-state index is 0.691. The minimum atomic E-state index is 0.691. The van der Waals surface area contributed by atoms with Crippen LogP contribution in [0.2, 0.25) is 0 Å². The van der Waals surface area contributed by atoms with Gasteiger partial charge in [-0.1, -0.05) is 38.3 Å². The number of aromatic nitrogens is 4. The molecule has 1 aromatic carbocycles. The Hall–Kier alpha value is -1.91. The predicted octanol–water partition coefficient (Wildman–Crippen LogP) is 3.14. The van der Waals surface area contributed by atoms with E-state index in [1.807, 2.05) is 28.9 Å². The lowest BCUT2D eigenvalue weighted by atomic mass is 9.81. The average Bonchev–Trinajstić information content (AvgIpc) is 2.96. The van der Waals surface area contributed by atoms with E-state index in [0.717, 1.165) is 29.5 Å². The standard InChI is InChI=1S/C16H23N5/c1-2-12-6-8-13(9-7-12)11-21-16(18-19-20-21)14-4-3-5-15(17)10-14/h3-5,10,12-13H,2,6-9,11,17H2,1H3. The van der Waals surface area contributed by atoms with Gasteiger partial charge in [-0.05, 0) is 47.2 Å². The molecule has 0 unspecified atom stereocenters. The van der Waals surface area contributed by atoms with E-state index < -0.39 is 0 Å². The molecule has 0 saturated heterocycles. The van der Waals surface area contributed by atoms with Gasteiger partial charge < -0.3 is 5.73 Å². The third-order valence-corrected chi connectivity index (χ3v) is 4.65. The lowest BCUT2D eigenvalue weighted by Gasteiger charge is -2.27. The molecule has 1 aliphatic rings. The quantitative estimate of drug-likeness (QED) is 0.876. The van der Waals surface area contributed by atoms with Gasteiger partial charge >= 0.3 is 0 Å². The molecule has 1 aliphatic carbocycles. The Balaban J connectivity index is 1.72. The third kappa shape index (κ3) is 3.23. The van der Waals surface area contributed by atoms with E-state index in [0.29, 0.717) is 5.92 Å². The molecule has 21 heavy (non-hydrogen) atoms. The Labute approximate surface area is 125 Å². The first-order valence-electron chi connectivity index (χ1n) is 7.88. The van der Waals surface area contributed by atoms with Gasteiger partial charge in [0.2, 0.25) is 0 Å². The summed E-state index contributed by atoms with van der Waals surface area (Å²) >= 11 is 0. The van der Waals surface area contributed by atoms with E-state index >= 15 is 0 Å².